The molecule has 1 amide bonds. The van der Waals surface area contributed by atoms with Crippen molar-refractivity contribution in [3.05, 3.63) is 41.7 Å². The Labute approximate surface area is 142 Å². The highest BCUT2D eigenvalue weighted by Gasteiger charge is 2.40. The fourth-order valence-electron chi connectivity index (χ4n) is 3.04. The van der Waals surface area contributed by atoms with Crippen LogP contribution in [0.5, 0.6) is 5.75 Å². The number of nitrogens with one attached hydrogen (secondary N) is 1. The summed E-state index contributed by atoms with van der Waals surface area (Å²) in [7, 11) is 1.47. The van der Waals surface area contributed by atoms with Crippen LogP contribution in [0, 0.1) is 0 Å². The summed E-state index contributed by atoms with van der Waals surface area (Å²) in [6, 6.07) is 5.92. The molecule has 1 saturated carbocycles. The molecule has 1 aliphatic carbocycles. The van der Waals surface area contributed by atoms with Crippen molar-refractivity contribution < 1.29 is 22.7 Å². The number of nitrogens with zero attached hydrogens (tertiary/aromatic N) is 2. The first kappa shape index (κ1) is 17.3. The van der Waals surface area contributed by atoms with Gasteiger partial charge in [0.15, 0.2) is 5.69 Å². The van der Waals surface area contributed by atoms with E-state index in [-0.39, 0.29) is 11.7 Å². The summed E-state index contributed by atoms with van der Waals surface area (Å²) in [5.74, 6) is -0.220. The van der Waals surface area contributed by atoms with Crippen LogP contribution in [-0.2, 0) is 6.18 Å². The molecule has 0 unspecified atom stereocenters. The van der Waals surface area contributed by atoms with E-state index in [1.165, 1.54) is 31.4 Å². The molecule has 0 aliphatic heterocycles. The molecule has 1 aromatic carbocycles. The van der Waals surface area contributed by atoms with Crippen LogP contribution >= 0.6 is 0 Å². The van der Waals surface area contributed by atoms with Crippen LogP contribution in [0.4, 0.5) is 13.2 Å². The van der Waals surface area contributed by atoms with Gasteiger partial charge in [0, 0.05) is 6.04 Å². The number of rotatable bonds is 4. The zero-order valence-corrected chi connectivity index (χ0v) is 13.6. The van der Waals surface area contributed by atoms with E-state index in [2.05, 4.69) is 10.4 Å². The predicted molar refractivity (Wildman–Crippen MR) is 84.8 cm³/mol. The lowest BCUT2D eigenvalue weighted by atomic mass is 10.2. The summed E-state index contributed by atoms with van der Waals surface area (Å²) < 4.78 is 46.5. The molecule has 25 heavy (non-hydrogen) atoms. The van der Waals surface area contributed by atoms with Gasteiger partial charge < -0.3 is 10.1 Å². The molecule has 134 valence electrons. The summed E-state index contributed by atoms with van der Waals surface area (Å²) in [6.07, 6.45) is -0.208. The quantitative estimate of drug-likeness (QED) is 0.914. The third-order valence-corrected chi connectivity index (χ3v) is 4.29. The minimum atomic E-state index is -4.71. The SMILES string of the molecule is COc1ccc(-n2ncc(C(=O)NC3CCCC3)c2C(F)(F)F)cc1. The Bertz CT molecular complexity index is 747. The van der Waals surface area contributed by atoms with Crippen LogP contribution in [0.2, 0.25) is 0 Å². The number of amides is 1. The van der Waals surface area contributed by atoms with Crippen molar-refractivity contribution in [1.29, 1.82) is 0 Å². The van der Waals surface area contributed by atoms with Crippen LogP contribution in [0.3, 0.4) is 0 Å². The molecule has 8 heteroatoms. The molecule has 5 nitrogen and oxygen atoms in total. The normalized spacial score (nSPS) is 15.4. The van der Waals surface area contributed by atoms with Gasteiger partial charge in [-0.1, -0.05) is 12.8 Å². The smallest absolute Gasteiger partial charge is 0.434 e. The second kappa shape index (κ2) is 6.78. The second-order valence-corrected chi connectivity index (χ2v) is 5.97. The predicted octanol–water partition coefficient (Wildman–Crippen LogP) is 3.57. The van der Waals surface area contributed by atoms with Crippen LogP contribution in [0.15, 0.2) is 30.5 Å². The largest absolute Gasteiger partial charge is 0.497 e. The molecule has 2 aromatic rings. The third kappa shape index (κ3) is 3.62. The first-order valence-corrected chi connectivity index (χ1v) is 8.00. The molecular formula is C17H18F3N3O2. The van der Waals surface area contributed by atoms with Gasteiger partial charge in [-0.25, -0.2) is 4.68 Å². The topological polar surface area (TPSA) is 56.2 Å². The molecule has 0 saturated heterocycles. The maximum absolute atomic E-state index is 13.6. The minimum Gasteiger partial charge on any atom is -0.497 e. The molecular weight excluding hydrogens is 335 g/mol. The highest BCUT2D eigenvalue weighted by molar-refractivity contribution is 5.95. The van der Waals surface area contributed by atoms with E-state index in [1.54, 1.807) is 0 Å². The van der Waals surface area contributed by atoms with Gasteiger partial charge >= 0.3 is 6.18 Å². The zero-order valence-electron chi connectivity index (χ0n) is 13.6. The Morgan fingerprint density at radius 1 is 1.24 bits per heavy atom. The van der Waals surface area contributed by atoms with Crippen molar-refractivity contribution in [3.8, 4) is 11.4 Å². The molecule has 0 spiro atoms. The lowest BCUT2D eigenvalue weighted by Gasteiger charge is -2.15. The first-order chi connectivity index (χ1) is 11.9. The van der Waals surface area contributed by atoms with Crippen molar-refractivity contribution in [3.63, 3.8) is 0 Å². The highest BCUT2D eigenvalue weighted by atomic mass is 19.4. The molecule has 1 heterocycles. The van der Waals surface area contributed by atoms with E-state index in [4.69, 9.17) is 4.74 Å². The van der Waals surface area contributed by atoms with Crippen LogP contribution in [0.25, 0.3) is 5.69 Å². The van der Waals surface area contributed by atoms with Crippen LogP contribution in [-0.4, -0.2) is 28.8 Å². The van der Waals surface area contributed by atoms with Crippen molar-refractivity contribution in [2.45, 2.75) is 37.9 Å². The maximum Gasteiger partial charge on any atom is 0.434 e. The number of halogens is 3. The Morgan fingerprint density at radius 3 is 2.44 bits per heavy atom. The van der Waals surface area contributed by atoms with Gasteiger partial charge in [-0.2, -0.15) is 18.3 Å². The van der Waals surface area contributed by atoms with E-state index < -0.39 is 23.3 Å². The number of hydrogen-bond donors (Lipinski definition) is 1. The number of aromatic nitrogens is 2. The monoisotopic (exact) mass is 353 g/mol. The van der Waals surface area contributed by atoms with Gasteiger partial charge in [0.05, 0.1) is 24.6 Å². The molecule has 0 radical (unpaired) electrons. The van der Waals surface area contributed by atoms with Crippen molar-refractivity contribution in [2.75, 3.05) is 7.11 Å². The summed E-state index contributed by atoms with van der Waals surface area (Å²) in [6.45, 7) is 0. The zero-order chi connectivity index (χ0) is 18.0. The van der Waals surface area contributed by atoms with Gasteiger partial charge in [0.2, 0.25) is 0 Å². The summed E-state index contributed by atoms with van der Waals surface area (Å²) in [5, 5.41) is 6.48. The highest BCUT2D eigenvalue weighted by Crippen LogP contribution is 2.34. The lowest BCUT2D eigenvalue weighted by Crippen LogP contribution is -2.34. The third-order valence-electron chi connectivity index (χ3n) is 4.29. The average Bonchev–Trinajstić information content (AvgIpc) is 3.23. The van der Waals surface area contributed by atoms with Gasteiger partial charge in [0.1, 0.15) is 5.75 Å². The number of ether oxygens (including phenoxy) is 1. The Balaban J connectivity index is 1.96. The standard InChI is InChI=1S/C17H18F3N3O2/c1-25-13-8-6-12(7-9-13)23-15(17(18,19)20)14(10-21-23)16(24)22-11-4-2-3-5-11/h6-11H,2-5H2,1H3,(H,22,24). The number of benzene rings is 1. The van der Waals surface area contributed by atoms with Gasteiger partial charge in [-0.05, 0) is 37.1 Å². The molecule has 1 fully saturated rings. The molecule has 1 aliphatic rings. The van der Waals surface area contributed by atoms with E-state index in [9.17, 15) is 18.0 Å². The summed E-state index contributed by atoms with van der Waals surface area (Å²) in [5.41, 5.74) is -1.34. The Kier molecular flexibility index (Phi) is 4.69. The Hall–Kier alpha value is -2.51. The summed E-state index contributed by atoms with van der Waals surface area (Å²) >= 11 is 0. The summed E-state index contributed by atoms with van der Waals surface area (Å²) in [4.78, 5) is 12.3. The number of methoxy groups -OCH3 is 1. The molecule has 3 rings (SSSR count). The number of alkyl halides is 3. The first-order valence-electron chi connectivity index (χ1n) is 8.00. The van der Waals surface area contributed by atoms with Gasteiger partial charge in [0.25, 0.3) is 5.91 Å². The number of carbonyl (C=O) groups is 1. The van der Waals surface area contributed by atoms with Gasteiger partial charge in [-0.15, -0.1) is 0 Å². The maximum atomic E-state index is 13.6. The fraction of sp³-hybridized carbons (Fsp3) is 0.412. The molecule has 1 aromatic heterocycles. The molecule has 0 atom stereocenters. The van der Waals surface area contributed by atoms with Crippen LogP contribution in [0.1, 0.15) is 41.7 Å². The fourth-order valence-corrected chi connectivity index (χ4v) is 3.04. The lowest BCUT2D eigenvalue weighted by molar-refractivity contribution is -0.143. The van der Waals surface area contributed by atoms with Crippen molar-refractivity contribution >= 4 is 5.91 Å². The minimum absolute atomic E-state index is 0.0714. The van der Waals surface area contributed by atoms with E-state index in [0.29, 0.717) is 5.75 Å². The number of hydrogen-bond acceptors (Lipinski definition) is 3. The molecule has 1 N–H and O–H groups in total. The van der Waals surface area contributed by atoms with Crippen LogP contribution < -0.4 is 10.1 Å². The van der Waals surface area contributed by atoms with E-state index in [0.717, 1.165) is 36.6 Å². The molecule has 0 bridgehead atoms. The number of carbonyl (C=O) groups excluding carboxylic acids is 1. The van der Waals surface area contributed by atoms with Gasteiger partial charge in [-0.3, -0.25) is 4.79 Å². The Morgan fingerprint density at radius 2 is 1.88 bits per heavy atom. The second-order valence-electron chi connectivity index (χ2n) is 5.97. The van der Waals surface area contributed by atoms with E-state index in [1.807, 2.05) is 0 Å². The van der Waals surface area contributed by atoms with E-state index >= 15 is 0 Å². The van der Waals surface area contributed by atoms with Crippen molar-refractivity contribution in [1.82, 2.24) is 15.1 Å². The average molecular weight is 353 g/mol. The van der Waals surface area contributed by atoms with Crippen molar-refractivity contribution in [2.24, 2.45) is 0 Å².